The van der Waals surface area contributed by atoms with Crippen LogP contribution in [0, 0.1) is 5.92 Å². The summed E-state index contributed by atoms with van der Waals surface area (Å²) in [6.45, 7) is 5.27. The maximum absolute atomic E-state index is 12.7. The molecule has 1 atom stereocenters. The second kappa shape index (κ2) is 8.57. The van der Waals surface area contributed by atoms with E-state index in [0.29, 0.717) is 24.0 Å². The molecule has 1 heterocycles. The molecule has 0 saturated carbocycles. The predicted octanol–water partition coefficient (Wildman–Crippen LogP) is 4.49. The Morgan fingerprint density at radius 1 is 1.22 bits per heavy atom. The highest BCUT2D eigenvalue weighted by atomic mass is 35.5. The molecule has 0 aliphatic carbocycles. The summed E-state index contributed by atoms with van der Waals surface area (Å²) in [5, 5.41) is 3.72. The highest BCUT2D eigenvalue weighted by molar-refractivity contribution is 6.30. The average molecular weight is 385 g/mol. The lowest BCUT2D eigenvalue weighted by molar-refractivity contribution is -0.128. The molecule has 2 amide bonds. The van der Waals surface area contributed by atoms with Gasteiger partial charge in [0.25, 0.3) is 0 Å². The standard InChI is InChI=1S/C22H25ClN2O2/c1-15(2)19-8-3-4-9-20(19)24-22(27)17-13-21(26)25(14-17)11-10-16-6-5-7-18(23)12-16/h3-9,12,15,17H,10-11,13-14H2,1-2H3,(H,24,27). The Labute approximate surface area is 165 Å². The largest absolute Gasteiger partial charge is 0.342 e. The van der Waals surface area contributed by atoms with Crippen molar-refractivity contribution in [1.82, 2.24) is 4.90 Å². The summed E-state index contributed by atoms with van der Waals surface area (Å²) in [5.41, 5.74) is 3.03. The minimum atomic E-state index is -0.308. The number of benzene rings is 2. The molecule has 4 nitrogen and oxygen atoms in total. The summed E-state index contributed by atoms with van der Waals surface area (Å²) >= 11 is 6.01. The van der Waals surface area contributed by atoms with Gasteiger partial charge in [-0.05, 0) is 41.7 Å². The van der Waals surface area contributed by atoms with Crippen molar-refractivity contribution in [3.63, 3.8) is 0 Å². The quantitative estimate of drug-likeness (QED) is 0.797. The van der Waals surface area contributed by atoms with E-state index in [1.807, 2.05) is 48.5 Å². The summed E-state index contributed by atoms with van der Waals surface area (Å²) in [7, 11) is 0. The van der Waals surface area contributed by atoms with Crippen molar-refractivity contribution in [2.24, 2.45) is 5.92 Å². The number of anilines is 1. The molecule has 2 aromatic carbocycles. The Morgan fingerprint density at radius 2 is 2.00 bits per heavy atom. The molecule has 3 rings (SSSR count). The molecule has 0 aromatic heterocycles. The molecule has 0 spiro atoms. The van der Waals surface area contributed by atoms with Crippen LogP contribution >= 0.6 is 11.6 Å². The fraction of sp³-hybridized carbons (Fsp3) is 0.364. The van der Waals surface area contributed by atoms with Gasteiger partial charge in [-0.15, -0.1) is 0 Å². The number of hydrogen-bond acceptors (Lipinski definition) is 2. The number of rotatable bonds is 6. The predicted molar refractivity (Wildman–Crippen MR) is 109 cm³/mol. The lowest BCUT2D eigenvalue weighted by Gasteiger charge is -2.18. The molecule has 1 N–H and O–H groups in total. The number of amides is 2. The summed E-state index contributed by atoms with van der Waals surface area (Å²) in [5.74, 6) is -0.0333. The number of carbonyl (C=O) groups is 2. The molecule has 1 aliphatic rings. The highest BCUT2D eigenvalue weighted by Crippen LogP contribution is 2.26. The number of likely N-dealkylation sites (tertiary alicyclic amines) is 1. The molecule has 0 radical (unpaired) electrons. The second-order valence-corrected chi connectivity index (χ2v) is 7.79. The van der Waals surface area contributed by atoms with Gasteiger partial charge >= 0.3 is 0 Å². The van der Waals surface area contributed by atoms with Gasteiger partial charge < -0.3 is 10.2 Å². The first-order chi connectivity index (χ1) is 12.9. The van der Waals surface area contributed by atoms with E-state index in [1.165, 1.54) is 0 Å². The Hall–Kier alpha value is -2.33. The van der Waals surface area contributed by atoms with Gasteiger partial charge in [-0.3, -0.25) is 9.59 Å². The first-order valence-corrected chi connectivity index (χ1v) is 9.74. The third-order valence-electron chi connectivity index (χ3n) is 4.99. The fourth-order valence-corrected chi connectivity index (χ4v) is 3.68. The molecule has 1 fully saturated rings. The molecule has 142 valence electrons. The maximum Gasteiger partial charge on any atom is 0.229 e. The third-order valence-corrected chi connectivity index (χ3v) is 5.22. The summed E-state index contributed by atoms with van der Waals surface area (Å²) in [6.07, 6.45) is 1.00. The number of para-hydroxylation sites is 1. The molecule has 1 aliphatic heterocycles. The summed E-state index contributed by atoms with van der Waals surface area (Å²) in [6, 6.07) is 15.5. The molecular weight excluding hydrogens is 360 g/mol. The first-order valence-electron chi connectivity index (χ1n) is 9.36. The van der Waals surface area contributed by atoms with Crippen LogP contribution in [0.15, 0.2) is 48.5 Å². The van der Waals surface area contributed by atoms with Gasteiger partial charge in [0, 0.05) is 30.2 Å². The Morgan fingerprint density at radius 3 is 2.74 bits per heavy atom. The van der Waals surface area contributed by atoms with Crippen LogP contribution in [0.4, 0.5) is 5.69 Å². The average Bonchev–Trinajstić information content (AvgIpc) is 3.01. The maximum atomic E-state index is 12.7. The number of nitrogens with one attached hydrogen (secondary N) is 1. The van der Waals surface area contributed by atoms with Gasteiger partial charge in [0.1, 0.15) is 0 Å². The topological polar surface area (TPSA) is 49.4 Å². The highest BCUT2D eigenvalue weighted by Gasteiger charge is 2.34. The van der Waals surface area contributed by atoms with Gasteiger partial charge in [-0.25, -0.2) is 0 Å². The monoisotopic (exact) mass is 384 g/mol. The van der Waals surface area contributed by atoms with E-state index in [1.54, 1.807) is 4.90 Å². The smallest absolute Gasteiger partial charge is 0.229 e. The molecule has 1 unspecified atom stereocenters. The summed E-state index contributed by atoms with van der Waals surface area (Å²) < 4.78 is 0. The Balaban J connectivity index is 1.59. The van der Waals surface area contributed by atoms with Crippen LogP contribution in [-0.2, 0) is 16.0 Å². The van der Waals surface area contributed by atoms with Crippen LogP contribution in [0.5, 0.6) is 0 Å². The number of nitrogens with zero attached hydrogens (tertiary/aromatic N) is 1. The van der Waals surface area contributed by atoms with Crippen molar-refractivity contribution in [3.8, 4) is 0 Å². The summed E-state index contributed by atoms with van der Waals surface area (Å²) in [4.78, 5) is 26.8. The lowest BCUT2D eigenvalue weighted by Crippen LogP contribution is -2.30. The molecule has 27 heavy (non-hydrogen) atoms. The molecule has 5 heteroatoms. The molecule has 0 bridgehead atoms. The zero-order valence-corrected chi connectivity index (χ0v) is 16.5. The van der Waals surface area contributed by atoms with Crippen molar-refractivity contribution in [2.45, 2.75) is 32.6 Å². The van der Waals surface area contributed by atoms with Gasteiger partial charge in [0.2, 0.25) is 11.8 Å². The van der Waals surface area contributed by atoms with Crippen LogP contribution < -0.4 is 5.32 Å². The van der Waals surface area contributed by atoms with Crippen molar-refractivity contribution in [2.75, 3.05) is 18.4 Å². The number of halogens is 1. The van der Waals surface area contributed by atoms with Gasteiger partial charge in [-0.1, -0.05) is 55.8 Å². The van der Waals surface area contributed by atoms with Gasteiger partial charge in [0.05, 0.1) is 5.92 Å². The van der Waals surface area contributed by atoms with Crippen molar-refractivity contribution in [3.05, 3.63) is 64.7 Å². The van der Waals surface area contributed by atoms with E-state index < -0.39 is 0 Å². The molecule has 1 saturated heterocycles. The van der Waals surface area contributed by atoms with E-state index in [2.05, 4.69) is 19.2 Å². The van der Waals surface area contributed by atoms with Crippen LogP contribution in [0.1, 0.15) is 37.3 Å². The minimum Gasteiger partial charge on any atom is -0.342 e. The van der Waals surface area contributed by atoms with E-state index in [-0.39, 0.29) is 24.2 Å². The van der Waals surface area contributed by atoms with Crippen molar-refractivity contribution >= 4 is 29.1 Å². The normalized spacial score (nSPS) is 16.8. The van der Waals surface area contributed by atoms with Crippen molar-refractivity contribution < 1.29 is 9.59 Å². The first kappa shape index (κ1) is 19.4. The van der Waals surface area contributed by atoms with E-state index >= 15 is 0 Å². The van der Waals surface area contributed by atoms with E-state index in [0.717, 1.165) is 23.2 Å². The van der Waals surface area contributed by atoms with Crippen LogP contribution in [0.25, 0.3) is 0 Å². The van der Waals surface area contributed by atoms with Gasteiger partial charge in [-0.2, -0.15) is 0 Å². The van der Waals surface area contributed by atoms with Crippen LogP contribution in [0.3, 0.4) is 0 Å². The van der Waals surface area contributed by atoms with Crippen LogP contribution in [-0.4, -0.2) is 29.8 Å². The zero-order valence-electron chi connectivity index (χ0n) is 15.7. The Bertz CT molecular complexity index is 835. The zero-order chi connectivity index (χ0) is 19.4. The van der Waals surface area contributed by atoms with E-state index in [9.17, 15) is 9.59 Å². The van der Waals surface area contributed by atoms with Crippen LogP contribution in [0.2, 0.25) is 5.02 Å². The minimum absolute atomic E-state index is 0.0364. The fourth-order valence-electron chi connectivity index (χ4n) is 3.47. The third kappa shape index (κ3) is 4.89. The lowest BCUT2D eigenvalue weighted by atomic mass is 10.0. The SMILES string of the molecule is CC(C)c1ccccc1NC(=O)C1CC(=O)N(CCc2cccc(Cl)c2)C1. The second-order valence-electron chi connectivity index (χ2n) is 7.35. The van der Waals surface area contributed by atoms with Crippen molar-refractivity contribution in [1.29, 1.82) is 0 Å². The number of hydrogen-bond donors (Lipinski definition) is 1. The number of carbonyl (C=O) groups excluding carboxylic acids is 2. The Kier molecular flexibility index (Phi) is 6.17. The van der Waals surface area contributed by atoms with E-state index in [4.69, 9.17) is 11.6 Å². The molecule has 2 aromatic rings. The molecular formula is C22H25ClN2O2. The van der Waals surface area contributed by atoms with Gasteiger partial charge in [0.15, 0.2) is 0 Å².